The van der Waals surface area contributed by atoms with Crippen LogP contribution < -0.4 is 0 Å². The van der Waals surface area contributed by atoms with E-state index in [4.69, 9.17) is 0 Å². The Bertz CT molecular complexity index is 441. The molecule has 0 aromatic heterocycles. The van der Waals surface area contributed by atoms with Gasteiger partial charge in [-0.25, -0.2) is 0 Å². The lowest BCUT2D eigenvalue weighted by molar-refractivity contribution is -0.118. The highest BCUT2D eigenvalue weighted by Crippen LogP contribution is 2.73. The first-order chi connectivity index (χ1) is 8.37. The molecular weight excluding hydrogens is 228 g/mol. The molecule has 0 aromatic rings. The minimum absolute atomic E-state index is 0.0380. The Hall–Kier alpha value is -0.670. The Morgan fingerprint density at radius 2 is 2.06 bits per heavy atom. The molecule has 0 saturated heterocycles. The molecule has 0 spiro atoms. The fraction of sp³-hybridized carbons (Fsp3) is 0.800. The molecule has 6 atom stereocenters. The van der Waals surface area contributed by atoms with Crippen molar-refractivity contribution < 1.29 is 15.0 Å². The number of carbonyl (C=O) groups excluding carboxylic acids is 1. The molecule has 3 heteroatoms. The number of aliphatic hydroxyl groups excluding tert-OH is 2. The van der Waals surface area contributed by atoms with Crippen molar-refractivity contribution in [1.29, 1.82) is 0 Å². The van der Waals surface area contributed by atoms with E-state index in [0.717, 1.165) is 18.4 Å². The predicted molar refractivity (Wildman–Crippen MR) is 67.8 cm³/mol. The van der Waals surface area contributed by atoms with Crippen molar-refractivity contribution in [3.05, 3.63) is 11.6 Å². The summed E-state index contributed by atoms with van der Waals surface area (Å²) in [5.74, 6) is 0.731. The summed E-state index contributed by atoms with van der Waals surface area (Å²) >= 11 is 0. The van der Waals surface area contributed by atoms with Crippen LogP contribution in [0.1, 0.15) is 33.6 Å². The van der Waals surface area contributed by atoms with Crippen molar-refractivity contribution in [3.63, 3.8) is 0 Å². The summed E-state index contributed by atoms with van der Waals surface area (Å²) in [6.07, 6.45) is 2.96. The van der Waals surface area contributed by atoms with E-state index in [0.29, 0.717) is 5.92 Å². The first-order valence-corrected chi connectivity index (χ1v) is 6.92. The summed E-state index contributed by atoms with van der Waals surface area (Å²) in [4.78, 5) is 12.2. The fourth-order valence-electron chi connectivity index (χ4n) is 4.77. The van der Waals surface area contributed by atoms with Gasteiger partial charge in [0.1, 0.15) is 0 Å². The molecule has 2 N–H and O–H groups in total. The van der Waals surface area contributed by atoms with E-state index >= 15 is 0 Å². The highest BCUT2D eigenvalue weighted by Gasteiger charge is 2.73. The minimum atomic E-state index is -0.473. The molecule has 18 heavy (non-hydrogen) atoms. The predicted octanol–water partition coefficient (Wildman–Crippen LogP) is 1.54. The molecule has 0 heterocycles. The molecule has 0 unspecified atom stereocenters. The Morgan fingerprint density at radius 3 is 2.67 bits per heavy atom. The van der Waals surface area contributed by atoms with E-state index in [9.17, 15) is 15.0 Å². The summed E-state index contributed by atoms with van der Waals surface area (Å²) in [5, 5.41) is 19.8. The maximum absolute atomic E-state index is 12.2. The van der Waals surface area contributed by atoms with E-state index in [-0.39, 0.29) is 35.1 Å². The van der Waals surface area contributed by atoms with E-state index in [1.807, 2.05) is 6.92 Å². The second-order valence-electron chi connectivity index (χ2n) is 6.90. The fourth-order valence-corrected chi connectivity index (χ4v) is 4.77. The molecule has 0 bridgehead atoms. The Kier molecular flexibility index (Phi) is 2.37. The lowest BCUT2D eigenvalue weighted by atomic mass is 9.58. The van der Waals surface area contributed by atoms with Gasteiger partial charge in [-0.05, 0) is 41.7 Å². The number of aliphatic hydroxyl groups is 2. The SMILES string of the molecule is C[C@H]1CC[C@@H](O)C2=CC(=O)[C@H]3[C@H]([C@@]3(C)CO)[C@@]21C. The smallest absolute Gasteiger partial charge is 0.159 e. The maximum atomic E-state index is 12.2. The topological polar surface area (TPSA) is 57.5 Å². The zero-order chi connectivity index (χ0) is 13.3. The third-order valence-electron chi connectivity index (χ3n) is 6.11. The van der Waals surface area contributed by atoms with Crippen LogP contribution in [0.3, 0.4) is 0 Å². The van der Waals surface area contributed by atoms with Crippen molar-refractivity contribution in [2.75, 3.05) is 6.61 Å². The minimum Gasteiger partial charge on any atom is -0.396 e. The quantitative estimate of drug-likeness (QED) is 0.742. The molecule has 3 rings (SSSR count). The molecule has 3 aliphatic rings. The van der Waals surface area contributed by atoms with Crippen LogP contribution >= 0.6 is 0 Å². The number of hydrogen-bond donors (Lipinski definition) is 2. The van der Waals surface area contributed by atoms with Crippen molar-refractivity contribution in [1.82, 2.24) is 0 Å². The van der Waals surface area contributed by atoms with Crippen LogP contribution in [0, 0.1) is 28.6 Å². The van der Waals surface area contributed by atoms with Crippen LogP contribution in [0.4, 0.5) is 0 Å². The number of hydrogen-bond acceptors (Lipinski definition) is 3. The highest BCUT2D eigenvalue weighted by molar-refractivity contribution is 5.97. The Labute approximate surface area is 108 Å². The van der Waals surface area contributed by atoms with Gasteiger partial charge in [0, 0.05) is 17.9 Å². The van der Waals surface area contributed by atoms with Crippen molar-refractivity contribution in [2.24, 2.45) is 28.6 Å². The van der Waals surface area contributed by atoms with E-state index < -0.39 is 6.10 Å². The molecule has 0 radical (unpaired) electrons. The monoisotopic (exact) mass is 250 g/mol. The van der Waals surface area contributed by atoms with Gasteiger partial charge in [0.15, 0.2) is 5.78 Å². The summed E-state index contributed by atoms with van der Waals surface area (Å²) in [6, 6.07) is 0. The van der Waals surface area contributed by atoms with Crippen LogP contribution in [0.25, 0.3) is 0 Å². The van der Waals surface area contributed by atoms with Gasteiger partial charge in [-0.3, -0.25) is 4.79 Å². The summed E-state index contributed by atoms with van der Waals surface area (Å²) in [7, 11) is 0. The van der Waals surface area contributed by atoms with Crippen LogP contribution in [0.5, 0.6) is 0 Å². The van der Waals surface area contributed by atoms with Gasteiger partial charge >= 0.3 is 0 Å². The summed E-state index contributed by atoms with van der Waals surface area (Å²) in [6.45, 7) is 6.46. The highest BCUT2D eigenvalue weighted by atomic mass is 16.3. The number of rotatable bonds is 1. The zero-order valence-corrected chi connectivity index (χ0v) is 11.3. The maximum Gasteiger partial charge on any atom is 0.159 e. The molecule has 2 fully saturated rings. The van der Waals surface area contributed by atoms with Gasteiger partial charge in [-0.2, -0.15) is 0 Å². The lowest BCUT2D eigenvalue weighted by Crippen LogP contribution is -2.43. The number of carbonyl (C=O) groups is 1. The van der Waals surface area contributed by atoms with Gasteiger partial charge in [0.25, 0.3) is 0 Å². The first-order valence-electron chi connectivity index (χ1n) is 6.92. The number of ketones is 1. The van der Waals surface area contributed by atoms with Gasteiger partial charge in [0.2, 0.25) is 0 Å². The number of fused-ring (bicyclic) bond motifs is 3. The van der Waals surface area contributed by atoms with E-state index in [1.54, 1.807) is 6.08 Å². The molecule has 2 saturated carbocycles. The van der Waals surface area contributed by atoms with Crippen LogP contribution in [-0.2, 0) is 4.79 Å². The second-order valence-corrected chi connectivity index (χ2v) is 6.90. The molecule has 100 valence electrons. The van der Waals surface area contributed by atoms with Crippen LogP contribution in [0.15, 0.2) is 11.6 Å². The zero-order valence-electron chi connectivity index (χ0n) is 11.3. The lowest BCUT2D eigenvalue weighted by Gasteiger charge is -2.47. The van der Waals surface area contributed by atoms with Gasteiger partial charge in [0.05, 0.1) is 6.10 Å². The van der Waals surface area contributed by atoms with E-state index in [2.05, 4.69) is 13.8 Å². The standard InChI is InChI=1S/C15H22O3/c1-8-4-5-10(17)9-6-11(18)12-13(15(8,9)3)14(12,2)7-16/h6,8,10,12-13,16-17H,4-5,7H2,1-3H3/t8-,10+,12-,13+,14-,15+/m0/s1. The van der Waals surface area contributed by atoms with Crippen LogP contribution in [-0.4, -0.2) is 28.7 Å². The molecule has 3 nitrogen and oxygen atoms in total. The summed E-state index contributed by atoms with van der Waals surface area (Å²) in [5.41, 5.74) is 0.521. The molecule has 0 amide bonds. The molecular formula is C15H22O3. The largest absolute Gasteiger partial charge is 0.396 e. The third-order valence-corrected chi connectivity index (χ3v) is 6.11. The van der Waals surface area contributed by atoms with Crippen LogP contribution in [0.2, 0.25) is 0 Å². The van der Waals surface area contributed by atoms with Gasteiger partial charge in [-0.1, -0.05) is 20.8 Å². The van der Waals surface area contributed by atoms with Gasteiger partial charge in [-0.15, -0.1) is 0 Å². The number of allylic oxidation sites excluding steroid dienone is 1. The van der Waals surface area contributed by atoms with Crippen molar-refractivity contribution in [3.8, 4) is 0 Å². The summed E-state index contributed by atoms with van der Waals surface area (Å²) < 4.78 is 0. The first kappa shape index (κ1) is 12.4. The second kappa shape index (κ2) is 3.45. The molecule has 0 aliphatic heterocycles. The normalized spacial score (nSPS) is 54.5. The molecule has 3 aliphatic carbocycles. The molecule has 0 aromatic carbocycles. The van der Waals surface area contributed by atoms with E-state index in [1.165, 1.54) is 0 Å². The average molecular weight is 250 g/mol. The third kappa shape index (κ3) is 1.19. The van der Waals surface area contributed by atoms with Crippen molar-refractivity contribution in [2.45, 2.75) is 39.7 Å². The van der Waals surface area contributed by atoms with Gasteiger partial charge < -0.3 is 10.2 Å². The Balaban J connectivity index is 2.10. The Morgan fingerprint density at radius 1 is 1.39 bits per heavy atom. The van der Waals surface area contributed by atoms with Crippen molar-refractivity contribution >= 4 is 5.78 Å². The average Bonchev–Trinajstić information content (AvgIpc) is 2.98.